The molecule has 0 saturated carbocycles. The molecule has 1 aliphatic heterocycles. The fourth-order valence-electron chi connectivity index (χ4n) is 3.34. The van der Waals surface area contributed by atoms with Crippen molar-refractivity contribution in [2.75, 3.05) is 6.61 Å². The minimum Gasteiger partial charge on any atom is -0.480 e. The van der Waals surface area contributed by atoms with E-state index in [1.54, 1.807) is 6.08 Å². The molecule has 4 heteroatoms. The molecule has 0 spiro atoms. The van der Waals surface area contributed by atoms with E-state index in [0.717, 1.165) is 5.56 Å². The van der Waals surface area contributed by atoms with E-state index in [4.69, 9.17) is 9.73 Å². The predicted molar refractivity (Wildman–Crippen MR) is 98.1 cm³/mol. The number of hydrogen-bond donors (Lipinski definition) is 0. The fraction of sp³-hybridized carbons (Fsp3) is 0.500. The topological polar surface area (TPSA) is 41.9 Å². The Morgan fingerprint density at radius 3 is 2.58 bits per heavy atom. The van der Waals surface area contributed by atoms with Crippen molar-refractivity contribution >= 4 is 11.8 Å². The highest BCUT2D eigenvalue weighted by atomic mass is 16.5. The number of hydrogen-bond acceptors (Lipinski definition) is 3. The van der Waals surface area contributed by atoms with Gasteiger partial charge in [-0.25, -0.2) is 4.99 Å². The van der Waals surface area contributed by atoms with E-state index < -0.39 is 5.54 Å². The number of ether oxygens (including phenoxy) is 1. The second-order valence-electron chi connectivity index (χ2n) is 6.24. The molecule has 0 aromatic heterocycles. The molecule has 0 N–H and O–H groups in total. The molecule has 0 unspecified atom stereocenters. The molecule has 130 valence electrons. The molecule has 2 rings (SSSR count). The first-order valence-corrected chi connectivity index (χ1v) is 8.71. The van der Waals surface area contributed by atoms with Crippen molar-refractivity contribution in [2.24, 2.45) is 4.99 Å². The zero-order chi connectivity index (χ0) is 17.7. The maximum absolute atomic E-state index is 13.4. The van der Waals surface area contributed by atoms with Crippen LogP contribution < -0.4 is 0 Å². The zero-order valence-corrected chi connectivity index (χ0v) is 15.2. The Labute approximate surface area is 145 Å². The van der Waals surface area contributed by atoms with E-state index in [2.05, 4.69) is 25.6 Å². The van der Waals surface area contributed by atoms with Gasteiger partial charge in [-0.3, -0.25) is 4.79 Å². The maximum atomic E-state index is 13.4. The number of nitrogens with zero attached hydrogens (tertiary/aromatic N) is 2. The van der Waals surface area contributed by atoms with Gasteiger partial charge >= 0.3 is 0 Å². The second-order valence-corrected chi connectivity index (χ2v) is 6.24. The Hall–Kier alpha value is -2.10. The fourth-order valence-corrected chi connectivity index (χ4v) is 3.34. The lowest BCUT2D eigenvalue weighted by atomic mass is 9.87. The van der Waals surface area contributed by atoms with Crippen molar-refractivity contribution in [1.29, 1.82) is 0 Å². The third-order valence-electron chi connectivity index (χ3n) is 4.79. The lowest BCUT2D eigenvalue weighted by Crippen LogP contribution is -2.58. The average Bonchev–Trinajstić information content (AvgIpc) is 2.60. The van der Waals surface area contributed by atoms with Gasteiger partial charge in [-0.15, -0.1) is 6.58 Å². The molecule has 0 fully saturated rings. The van der Waals surface area contributed by atoms with Gasteiger partial charge < -0.3 is 9.64 Å². The van der Waals surface area contributed by atoms with Crippen LogP contribution in [0, 0.1) is 0 Å². The minimum absolute atomic E-state index is 0.0459. The summed E-state index contributed by atoms with van der Waals surface area (Å²) < 4.78 is 5.78. The number of carbonyl (C=O) groups is 1. The molecule has 24 heavy (non-hydrogen) atoms. The summed E-state index contributed by atoms with van der Waals surface area (Å²) in [6.45, 7) is 12.3. The van der Waals surface area contributed by atoms with E-state index in [0.29, 0.717) is 25.3 Å². The quantitative estimate of drug-likeness (QED) is 0.737. The summed E-state index contributed by atoms with van der Waals surface area (Å²) >= 11 is 0. The van der Waals surface area contributed by atoms with Gasteiger partial charge in [-0.2, -0.15) is 0 Å². The van der Waals surface area contributed by atoms with Gasteiger partial charge in [0.05, 0.1) is 12.6 Å². The molecule has 0 saturated heterocycles. The minimum atomic E-state index is -0.804. The molecule has 1 heterocycles. The monoisotopic (exact) mass is 328 g/mol. The Balaban J connectivity index is 2.49. The van der Waals surface area contributed by atoms with Gasteiger partial charge in [-0.05, 0) is 39.2 Å². The molecule has 1 aliphatic rings. The van der Waals surface area contributed by atoms with Crippen LogP contribution in [0.15, 0.2) is 48.0 Å². The molecule has 0 radical (unpaired) electrons. The SMILES string of the molecule is C=CC[C@]1(CC)N=C(OCC)[C@@H](C)N([C@H](C)c2ccccc2)C1=O. The molecule has 1 aromatic carbocycles. The first kappa shape index (κ1) is 18.2. The summed E-state index contributed by atoms with van der Waals surface area (Å²) in [6, 6.07) is 9.86. The first-order valence-electron chi connectivity index (χ1n) is 8.71. The number of rotatable bonds is 6. The number of carbonyl (C=O) groups excluding carboxylic acids is 1. The number of aliphatic imine (C=N–C) groups is 1. The summed E-state index contributed by atoms with van der Waals surface area (Å²) in [7, 11) is 0. The summed E-state index contributed by atoms with van der Waals surface area (Å²) in [6.07, 6.45) is 2.92. The highest BCUT2D eigenvalue weighted by molar-refractivity contribution is 5.98. The maximum Gasteiger partial charge on any atom is 0.252 e. The van der Waals surface area contributed by atoms with Crippen LogP contribution in [0.25, 0.3) is 0 Å². The van der Waals surface area contributed by atoms with Crippen molar-refractivity contribution in [2.45, 2.75) is 58.2 Å². The van der Waals surface area contributed by atoms with Crippen LogP contribution in [-0.4, -0.2) is 34.9 Å². The van der Waals surface area contributed by atoms with E-state index in [1.165, 1.54) is 0 Å². The van der Waals surface area contributed by atoms with Crippen LogP contribution in [0.2, 0.25) is 0 Å². The molecular weight excluding hydrogens is 300 g/mol. The Bertz CT molecular complexity index is 611. The van der Waals surface area contributed by atoms with Crippen LogP contribution in [-0.2, 0) is 9.53 Å². The third kappa shape index (κ3) is 3.23. The standard InChI is InChI=1S/C20H28N2O2/c1-6-14-20(7-2)19(23)22(16(5)18(21-20)24-8-3)15(4)17-12-10-9-11-13-17/h6,9-13,15-16H,1,7-8,14H2,2-5H3/t15-,16-,20+/m1/s1. The van der Waals surface area contributed by atoms with Gasteiger partial charge in [0, 0.05) is 0 Å². The van der Waals surface area contributed by atoms with Gasteiger partial charge in [0.1, 0.15) is 11.6 Å². The van der Waals surface area contributed by atoms with E-state index in [1.807, 2.05) is 43.9 Å². The normalized spacial score (nSPS) is 25.2. The first-order chi connectivity index (χ1) is 11.5. The van der Waals surface area contributed by atoms with Crippen LogP contribution in [0.5, 0.6) is 0 Å². The largest absolute Gasteiger partial charge is 0.480 e. The predicted octanol–water partition coefficient (Wildman–Crippen LogP) is 4.14. The van der Waals surface area contributed by atoms with E-state index in [-0.39, 0.29) is 18.0 Å². The molecule has 1 amide bonds. The molecule has 1 aromatic rings. The van der Waals surface area contributed by atoms with Crippen molar-refractivity contribution in [3.63, 3.8) is 0 Å². The summed E-state index contributed by atoms with van der Waals surface area (Å²) in [5.41, 5.74) is 0.306. The van der Waals surface area contributed by atoms with Crippen LogP contribution >= 0.6 is 0 Å². The third-order valence-corrected chi connectivity index (χ3v) is 4.79. The lowest BCUT2D eigenvalue weighted by Gasteiger charge is -2.44. The summed E-state index contributed by atoms with van der Waals surface area (Å²) in [4.78, 5) is 20.0. The van der Waals surface area contributed by atoms with Gasteiger partial charge in [0.25, 0.3) is 5.91 Å². The summed E-state index contributed by atoms with van der Waals surface area (Å²) in [5, 5.41) is 0. The van der Waals surface area contributed by atoms with Gasteiger partial charge in [0.2, 0.25) is 5.90 Å². The van der Waals surface area contributed by atoms with Gasteiger partial charge in [0.15, 0.2) is 0 Å². The summed E-state index contributed by atoms with van der Waals surface area (Å²) in [5.74, 6) is 0.695. The Morgan fingerprint density at radius 2 is 2.04 bits per heavy atom. The number of amides is 1. The van der Waals surface area contributed by atoms with Crippen molar-refractivity contribution in [1.82, 2.24) is 4.90 Å². The Kier molecular flexibility index (Phi) is 5.81. The zero-order valence-electron chi connectivity index (χ0n) is 15.2. The Morgan fingerprint density at radius 1 is 1.38 bits per heavy atom. The molecule has 0 bridgehead atoms. The van der Waals surface area contributed by atoms with Crippen LogP contribution in [0.4, 0.5) is 0 Å². The van der Waals surface area contributed by atoms with Crippen molar-refractivity contribution in [3.05, 3.63) is 48.6 Å². The molecule has 3 atom stereocenters. The van der Waals surface area contributed by atoms with Crippen LogP contribution in [0.1, 0.15) is 52.1 Å². The highest BCUT2D eigenvalue weighted by Gasteiger charge is 2.47. The highest BCUT2D eigenvalue weighted by Crippen LogP contribution is 2.35. The average molecular weight is 328 g/mol. The van der Waals surface area contributed by atoms with Crippen molar-refractivity contribution in [3.8, 4) is 0 Å². The molecular formula is C20H28N2O2. The van der Waals surface area contributed by atoms with E-state index >= 15 is 0 Å². The van der Waals surface area contributed by atoms with Gasteiger partial charge in [-0.1, -0.05) is 43.3 Å². The van der Waals surface area contributed by atoms with E-state index in [9.17, 15) is 4.79 Å². The smallest absolute Gasteiger partial charge is 0.252 e. The van der Waals surface area contributed by atoms with Crippen molar-refractivity contribution < 1.29 is 9.53 Å². The lowest BCUT2D eigenvalue weighted by molar-refractivity contribution is -0.142. The molecule has 4 nitrogen and oxygen atoms in total. The van der Waals surface area contributed by atoms with Crippen LogP contribution in [0.3, 0.4) is 0 Å². The second kappa shape index (κ2) is 7.65. The number of benzene rings is 1. The molecule has 0 aliphatic carbocycles.